The molecule has 4 aromatic rings. The van der Waals surface area contributed by atoms with Gasteiger partial charge in [0.2, 0.25) is 0 Å². The zero-order valence-electron chi connectivity index (χ0n) is 13.6. The maximum absolute atomic E-state index is 12.3. The summed E-state index contributed by atoms with van der Waals surface area (Å²) in [6, 6.07) is 13.3. The Morgan fingerprint density at radius 2 is 1.88 bits per heavy atom. The third-order valence-electron chi connectivity index (χ3n) is 3.95. The summed E-state index contributed by atoms with van der Waals surface area (Å²) in [4.78, 5) is 20.0. The Labute approximate surface area is 143 Å². The van der Waals surface area contributed by atoms with Gasteiger partial charge < -0.3 is 10.3 Å². The van der Waals surface area contributed by atoms with Crippen LogP contribution in [0.15, 0.2) is 55.1 Å². The van der Waals surface area contributed by atoms with Crippen molar-refractivity contribution in [1.82, 2.24) is 30.0 Å². The molecule has 0 aliphatic carbocycles. The fourth-order valence-electron chi connectivity index (χ4n) is 2.65. The second-order valence-electron chi connectivity index (χ2n) is 5.80. The highest BCUT2D eigenvalue weighted by atomic mass is 16.1. The molecule has 0 saturated carbocycles. The van der Waals surface area contributed by atoms with Gasteiger partial charge in [-0.25, -0.2) is 4.98 Å². The predicted molar refractivity (Wildman–Crippen MR) is 93.4 cm³/mol. The number of amides is 1. The summed E-state index contributed by atoms with van der Waals surface area (Å²) in [5, 5.41) is 10.4. The Balaban J connectivity index is 1.44. The molecule has 2 N–H and O–H groups in total. The monoisotopic (exact) mass is 332 g/mol. The van der Waals surface area contributed by atoms with Crippen molar-refractivity contribution in [2.24, 2.45) is 0 Å². The number of imidazole rings is 1. The van der Waals surface area contributed by atoms with Crippen LogP contribution < -0.4 is 5.32 Å². The largest absolute Gasteiger partial charge is 0.345 e. The van der Waals surface area contributed by atoms with Crippen LogP contribution in [0.1, 0.15) is 21.7 Å². The number of carbonyl (C=O) groups is 1. The minimum Gasteiger partial charge on any atom is -0.345 e. The van der Waals surface area contributed by atoms with Crippen molar-refractivity contribution in [3.05, 3.63) is 72.1 Å². The number of benzene rings is 2. The molecule has 0 atom stereocenters. The number of nitrogens with one attached hydrogen (secondary N) is 2. The Morgan fingerprint density at radius 1 is 1.12 bits per heavy atom. The van der Waals surface area contributed by atoms with Gasteiger partial charge in [0.1, 0.15) is 18.5 Å². The SMILES string of the molecule is Cc1ccc2nc(CNC(=O)c3ccc(-n4cnnc4)cc3)[nH]c2c1. The number of aryl methyl sites for hydroxylation is 1. The van der Waals surface area contributed by atoms with E-state index in [1.165, 1.54) is 5.56 Å². The normalized spacial score (nSPS) is 10.9. The minimum absolute atomic E-state index is 0.146. The molecule has 0 saturated heterocycles. The third kappa shape index (κ3) is 3.12. The molecule has 2 aromatic carbocycles. The van der Waals surface area contributed by atoms with Crippen molar-refractivity contribution in [3.63, 3.8) is 0 Å². The van der Waals surface area contributed by atoms with Gasteiger partial charge in [-0.1, -0.05) is 6.07 Å². The van der Waals surface area contributed by atoms with E-state index >= 15 is 0 Å². The fourth-order valence-corrected chi connectivity index (χ4v) is 2.65. The average molecular weight is 332 g/mol. The molecule has 0 fully saturated rings. The highest BCUT2D eigenvalue weighted by Crippen LogP contribution is 2.13. The van der Waals surface area contributed by atoms with E-state index in [0.29, 0.717) is 12.1 Å². The number of H-pyrrole nitrogens is 1. The first kappa shape index (κ1) is 15.1. The third-order valence-corrected chi connectivity index (χ3v) is 3.95. The quantitative estimate of drug-likeness (QED) is 0.600. The van der Waals surface area contributed by atoms with Crippen molar-refractivity contribution in [2.45, 2.75) is 13.5 Å². The number of hydrogen-bond donors (Lipinski definition) is 2. The number of carbonyl (C=O) groups excluding carboxylic acids is 1. The standard InChI is InChI=1S/C18H16N6O/c1-12-2-7-15-16(8-12)23-17(22-15)9-19-18(25)13-3-5-14(6-4-13)24-10-20-21-11-24/h2-8,10-11H,9H2,1H3,(H,19,25)(H,22,23). The summed E-state index contributed by atoms with van der Waals surface area (Å²) in [5.74, 6) is 0.585. The molecule has 4 rings (SSSR count). The van der Waals surface area contributed by atoms with E-state index in [9.17, 15) is 4.79 Å². The van der Waals surface area contributed by atoms with Crippen molar-refractivity contribution >= 4 is 16.9 Å². The Bertz CT molecular complexity index is 1020. The van der Waals surface area contributed by atoms with Crippen LogP contribution in [0.2, 0.25) is 0 Å². The molecule has 7 heteroatoms. The van der Waals surface area contributed by atoms with Gasteiger partial charge in [-0.05, 0) is 48.9 Å². The number of rotatable bonds is 4. The Hall–Kier alpha value is -3.48. The second kappa shape index (κ2) is 6.20. The molecule has 0 bridgehead atoms. The summed E-state index contributed by atoms with van der Waals surface area (Å²) in [6.07, 6.45) is 3.22. The molecule has 124 valence electrons. The lowest BCUT2D eigenvalue weighted by atomic mass is 10.2. The molecule has 0 aliphatic rings. The van der Waals surface area contributed by atoms with E-state index in [0.717, 1.165) is 22.5 Å². The second-order valence-corrected chi connectivity index (χ2v) is 5.80. The van der Waals surface area contributed by atoms with Crippen LogP contribution in [0.5, 0.6) is 0 Å². The van der Waals surface area contributed by atoms with Crippen LogP contribution in [-0.4, -0.2) is 30.6 Å². The molecule has 2 heterocycles. The molecular weight excluding hydrogens is 316 g/mol. The van der Waals surface area contributed by atoms with Crippen LogP contribution in [0.3, 0.4) is 0 Å². The van der Waals surface area contributed by atoms with Crippen LogP contribution in [0, 0.1) is 6.92 Å². The van der Waals surface area contributed by atoms with E-state index in [1.54, 1.807) is 29.4 Å². The molecule has 0 aliphatic heterocycles. The molecule has 0 spiro atoms. The maximum atomic E-state index is 12.3. The lowest BCUT2D eigenvalue weighted by molar-refractivity contribution is 0.0950. The first-order valence-corrected chi connectivity index (χ1v) is 7.87. The molecule has 1 amide bonds. The number of aromatic nitrogens is 5. The van der Waals surface area contributed by atoms with Gasteiger partial charge >= 0.3 is 0 Å². The minimum atomic E-state index is -0.146. The molecule has 0 unspecified atom stereocenters. The van der Waals surface area contributed by atoms with E-state index in [4.69, 9.17) is 0 Å². The topological polar surface area (TPSA) is 88.5 Å². The van der Waals surface area contributed by atoms with Crippen molar-refractivity contribution < 1.29 is 4.79 Å². The van der Waals surface area contributed by atoms with Crippen LogP contribution >= 0.6 is 0 Å². The van der Waals surface area contributed by atoms with Crippen molar-refractivity contribution in [1.29, 1.82) is 0 Å². The number of fused-ring (bicyclic) bond motifs is 1. The van der Waals surface area contributed by atoms with E-state index in [-0.39, 0.29) is 5.91 Å². The van der Waals surface area contributed by atoms with Gasteiger partial charge in [0.25, 0.3) is 5.91 Å². The van der Waals surface area contributed by atoms with Crippen LogP contribution in [0.25, 0.3) is 16.7 Å². The highest BCUT2D eigenvalue weighted by Gasteiger charge is 2.08. The van der Waals surface area contributed by atoms with Gasteiger partial charge in [0.15, 0.2) is 0 Å². The highest BCUT2D eigenvalue weighted by molar-refractivity contribution is 5.94. The van der Waals surface area contributed by atoms with Crippen LogP contribution in [0.4, 0.5) is 0 Å². The van der Waals surface area contributed by atoms with Gasteiger partial charge in [-0.3, -0.25) is 9.36 Å². The van der Waals surface area contributed by atoms with Gasteiger partial charge in [-0.15, -0.1) is 10.2 Å². The Kier molecular flexibility index (Phi) is 3.74. The zero-order valence-corrected chi connectivity index (χ0v) is 13.6. The van der Waals surface area contributed by atoms with E-state index in [2.05, 4.69) is 25.5 Å². The van der Waals surface area contributed by atoms with Crippen molar-refractivity contribution in [3.8, 4) is 5.69 Å². The molecule has 25 heavy (non-hydrogen) atoms. The summed E-state index contributed by atoms with van der Waals surface area (Å²) >= 11 is 0. The van der Waals surface area contributed by atoms with Crippen molar-refractivity contribution in [2.75, 3.05) is 0 Å². The first-order chi connectivity index (χ1) is 12.2. The van der Waals surface area contributed by atoms with Gasteiger partial charge in [0, 0.05) is 11.3 Å². The summed E-state index contributed by atoms with van der Waals surface area (Å²) < 4.78 is 1.78. The summed E-state index contributed by atoms with van der Waals surface area (Å²) in [6.45, 7) is 2.38. The summed E-state index contributed by atoms with van der Waals surface area (Å²) in [7, 11) is 0. The van der Waals surface area contributed by atoms with E-state index in [1.807, 2.05) is 37.3 Å². The average Bonchev–Trinajstić information content (AvgIpc) is 3.29. The van der Waals surface area contributed by atoms with Gasteiger partial charge in [0.05, 0.1) is 17.6 Å². The number of aromatic amines is 1. The fraction of sp³-hybridized carbons (Fsp3) is 0.111. The summed E-state index contributed by atoms with van der Waals surface area (Å²) in [5.41, 5.74) is 4.52. The molecule has 7 nitrogen and oxygen atoms in total. The predicted octanol–water partition coefficient (Wildman–Crippen LogP) is 2.38. The molecule has 2 aromatic heterocycles. The smallest absolute Gasteiger partial charge is 0.251 e. The Morgan fingerprint density at radius 3 is 2.64 bits per heavy atom. The molecule has 0 radical (unpaired) electrons. The number of nitrogens with zero attached hydrogens (tertiary/aromatic N) is 4. The van der Waals surface area contributed by atoms with E-state index < -0.39 is 0 Å². The van der Waals surface area contributed by atoms with Gasteiger partial charge in [-0.2, -0.15) is 0 Å². The lowest BCUT2D eigenvalue weighted by Crippen LogP contribution is -2.23. The lowest BCUT2D eigenvalue weighted by Gasteiger charge is -2.05. The molecular formula is C18H16N6O. The maximum Gasteiger partial charge on any atom is 0.251 e. The zero-order chi connectivity index (χ0) is 17.2. The van der Waals surface area contributed by atoms with Crippen LogP contribution in [-0.2, 0) is 6.54 Å². The first-order valence-electron chi connectivity index (χ1n) is 7.87. The number of hydrogen-bond acceptors (Lipinski definition) is 4.